The van der Waals surface area contributed by atoms with Crippen LogP contribution in [0.25, 0.3) is 0 Å². The highest BCUT2D eigenvalue weighted by molar-refractivity contribution is 6.29. The molecule has 0 radical (unpaired) electrons. The van der Waals surface area contributed by atoms with Crippen molar-refractivity contribution in [2.45, 2.75) is 0 Å². The van der Waals surface area contributed by atoms with Gasteiger partial charge in [0.25, 0.3) is 5.91 Å². The van der Waals surface area contributed by atoms with Crippen molar-refractivity contribution < 1.29 is 9.53 Å². The molecule has 9 heteroatoms. The Morgan fingerprint density at radius 1 is 1.53 bits per heavy atom. The lowest BCUT2D eigenvalue weighted by Gasteiger charge is -2.04. The SMILES string of the molecule is COc1cc(Cl)nc(NC(=O)c2cn[nH]n2)n1. The van der Waals surface area contributed by atoms with Gasteiger partial charge in [-0.15, -0.1) is 0 Å². The summed E-state index contributed by atoms with van der Waals surface area (Å²) in [5.41, 5.74) is 0.118. The smallest absolute Gasteiger partial charge is 0.280 e. The zero-order chi connectivity index (χ0) is 12.3. The molecule has 0 fully saturated rings. The number of H-pyrrole nitrogens is 1. The highest BCUT2D eigenvalue weighted by Gasteiger charge is 2.11. The van der Waals surface area contributed by atoms with E-state index in [0.717, 1.165) is 0 Å². The van der Waals surface area contributed by atoms with E-state index in [1.54, 1.807) is 0 Å². The molecule has 2 aromatic rings. The molecule has 0 saturated carbocycles. The van der Waals surface area contributed by atoms with Crippen LogP contribution in [0.4, 0.5) is 5.95 Å². The first-order valence-corrected chi connectivity index (χ1v) is 4.82. The van der Waals surface area contributed by atoms with Crippen LogP contribution in [-0.2, 0) is 0 Å². The first-order chi connectivity index (χ1) is 8.19. The van der Waals surface area contributed by atoms with Crippen LogP contribution in [0.2, 0.25) is 5.15 Å². The van der Waals surface area contributed by atoms with Crippen molar-refractivity contribution in [2.24, 2.45) is 0 Å². The third-order valence-electron chi connectivity index (χ3n) is 1.75. The van der Waals surface area contributed by atoms with Crippen LogP contribution in [0.5, 0.6) is 5.88 Å². The summed E-state index contributed by atoms with van der Waals surface area (Å²) in [5.74, 6) is -0.217. The topological polar surface area (TPSA) is 106 Å². The Bertz CT molecular complexity index is 529. The van der Waals surface area contributed by atoms with Gasteiger partial charge < -0.3 is 4.74 Å². The fraction of sp³-hybridized carbons (Fsp3) is 0.125. The molecule has 0 aliphatic carbocycles. The van der Waals surface area contributed by atoms with E-state index in [1.165, 1.54) is 19.4 Å². The van der Waals surface area contributed by atoms with E-state index in [9.17, 15) is 4.79 Å². The number of methoxy groups -OCH3 is 1. The monoisotopic (exact) mass is 254 g/mol. The van der Waals surface area contributed by atoms with Crippen molar-refractivity contribution >= 4 is 23.5 Å². The maximum atomic E-state index is 11.6. The summed E-state index contributed by atoms with van der Waals surface area (Å²) in [7, 11) is 1.43. The van der Waals surface area contributed by atoms with Crippen molar-refractivity contribution in [1.29, 1.82) is 0 Å². The molecule has 1 amide bonds. The Morgan fingerprint density at radius 3 is 3.00 bits per heavy atom. The number of hydrogen-bond donors (Lipinski definition) is 2. The van der Waals surface area contributed by atoms with Crippen molar-refractivity contribution in [1.82, 2.24) is 25.4 Å². The average molecular weight is 255 g/mol. The van der Waals surface area contributed by atoms with Gasteiger partial charge in [0.2, 0.25) is 11.8 Å². The summed E-state index contributed by atoms with van der Waals surface area (Å²) in [5, 5.41) is 12.0. The van der Waals surface area contributed by atoms with Crippen molar-refractivity contribution in [3.63, 3.8) is 0 Å². The van der Waals surface area contributed by atoms with Gasteiger partial charge in [0, 0.05) is 6.07 Å². The predicted molar refractivity (Wildman–Crippen MR) is 57.9 cm³/mol. The number of aromatic nitrogens is 5. The Labute approximate surface area is 100 Å². The molecule has 2 rings (SSSR count). The molecule has 2 N–H and O–H groups in total. The Balaban J connectivity index is 2.18. The van der Waals surface area contributed by atoms with Gasteiger partial charge in [0.1, 0.15) is 5.15 Å². The van der Waals surface area contributed by atoms with Gasteiger partial charge in [-0.25, -0.2) is 4.98 Å². The summed E-state index contributed by atoms with van der Waals surface area (Å²) >= 11 is 5.72. The molecule has 8 nitrogen and oxygen atoms in total. The molecule has 17 heavy (non-hydrogen) atoms. The number of carbonyl (C=O) groups excluding carboxylic acids is 1. The highest BCUT2D eigenvalue weighted by Crippen LogP contribution is 2.15. The molecule has 0 unspecified atom stereocenters. The van der Waals surface area contributed by atoms with Crippen LogP contribution in [-0.4, -0.2) is 38.4 Å². The minimum absolute atomic E-state index is 0.0300. The molecule has 0 atom stereocenters. The van der Waals surface area contributed by atoms with Gasteiger partial charge in [-0.1, -0.05) is 11.6 Å². The molecule has 0 aromatic carbocycles. The maximum Gasteiger partial charge on any atom is 0.280 e. The number of anilines is 1. The molecular weight excluding hydrogens is 248 g/mol. The third-order valence-corrected chi connectivity index (χ3v) is 1.95. The highest BCUT2D eigenvalue weighted by atomic mass is 35.5. The normalized spacial score (nSPS) is 10.0. The van der Waals surface area contributed by atoms with E-state index in [4.69, 9.17) is 16.3 Å². The molecule has 0 saturated heterocycles. The molecule has 0 bridgehead atoms. The summed E-state index contributed by atoms with van der Waals surface area (Å²) in [6.45, 7) is 0. The lowest BCUT2D eigenvalue weighted by Crippen LogP contribution is -2.15. The van der Waals surface area contributed by atoms with E-state index < -0.39 is 5.91 Å². The van der Waals surface area contributed by atoms with E-state index in [0.29, 0.717) is 0 Å². The number of carbonyl (C=O) groups is 1. The van der Waals surface area contributed by atoms with Crippen molar-refractivity contribution in [3.05, 3.63) is 23.1 Å². The number of aromatic amines is 1. The van der Waals surface area contributed by atoms with Crippen LogP contribution < -0.4 is 10.1 Å². The van der Waals surface area contributed by atoms with Crippen molar-refractivity contribution in [2.75, 3.05) is 12.4 Å². The van der Waals surface area contributed by atoms with Crippen molar-refractivity contribution in [3.8, 4) is 5.88 Å². The minimum Gasteiger partial charge on any atom is -0.481 e. The second-order valence-electron chi connectivity index (χ2n) is 2.87. The number of halogens is 1. The van der Waals surface area contributed by atoms with E-state index >= 15 is 0 Å². The lowest BCUT2D eigenvalue weighted by atomic mass is 10.4. The Morgan fingerprint density at radius 2 is 2.35 bits per heavy atom. The van der Waals surface area contributed by atoms with Crippen LogP contribution >= 0.6 is 11.6 Å². The number of hydrogen-bond acceptors (Lipinski definition) is 6. The first kappa shape index (κ1) is 11.3. The van der Waals surface area contributed by atoms with Gasteiger partial charge in [-0.3, -0.25) is 10.1 Å². The second kappa shape index (κ2) is 4.74. The van der Waals surface area contributed by atoms with Crippen LogP contribution in [0.3, 0.4) is 0 Å². The molecule has 88 valence electrons. The summed E-state index contributed by atoms with van der Waals surface area (Å²) in [6, 6.07) is 1.42. The number of rotatable bonds is 3. The third kappa shape index (κ3) is 2.67. The summed E-state index contributed by atoms with van der Waals surface area (Å²) < 4.78 is 4.89. The van der Waals surface area contributed by atoms with Gasteiger partial charge in [-0.2, -0.15) is 20.4 Å². The van der Waals surface area contributed by atoms with Gasteiger partial charge in [0.05, 0.1) is 13.3 Å². The fourth-order valence-corrected chi connectivity index (χ4v) is 1.21. The fourth-order valence-electron chi connectivity index (χ4n) is 1.03. The largest absolute Gasteiger partial charge is 0.481 e. The quantitative estimate of drug-likeness (QED) is 0.773. The lowest BCUT2D eigenvalue weighted by molar-refractivity contribution is 0.102. The summed E-state index contributed by atoms with van der Waals surface area (Å²) in [4.78, 5) is 19.3. The molecule has 2 aromatic heterocycles. The number of ether oxygens (including phenoxy) is 1. The van der Waals surface area contributed by atoms with Crippen LogP contribution in [0.15, 0.2) is 12.3 Å². The minimum atomic E-state index is -0.497. The second-order valence-corrected chi connectivity index (χ2v) is 3.25. The predicted octanol–water partition coefficient (Wildman–Crippen LogP) is 0.509. The first-order valence-electron chi connectivity index (χ1n) is 4.44. The van der Waals surface area contributed by atoms with Gasteiger partial charge >= 0.3 is 0 Å². The number of amides is 1. The number of nitrogens with one attached hydrogen (secondary N) is 2. The zero-order valence-corrected chi connectivity index (χ0v) is 9.39. The maximum absolute atomic E-state index is 11.6. The molecule has 0 aliphatic rings. The summed E-state index contributed by atoms with van der Waals surface area (Å²) in [6.07, 6.45) is 1.27. The Kier molecular flexibility index (Phi) is 3.15. The van der Waals surface area contributed by atoms with Gasteiger partial charge in [0.15, 0.2) is 5.69 Å². The van der Waals surface area contributed by atoms with E-state index in [-0.39, 0.29) is 22.7 Å². The molecule has 0 aliphatic heterocycles. The van der Waals surface area contributed by atoms with E-state index in [2.05, 4.69) is 30.7 Å². The average Bonchev–Trinajstić information content (AvgIpc) is 2.81. The molecule has 2 heterocycles. The molecule has 0 spiro atoms. The standard InChI is InChI=1S/C8H7ClN6O2/c1-17-6-2-5(9)11-8(12-6)13-7(16)4-3-10-15-14-4/h2-3H,1H3,(H,10,14,15)(H,11,12,13,16). The van der Waals surface area contributed by atoms with Gasteiger partial charge in [-0.05, 0) is 0 Å². The molecular formula is C8H7ClN6O2. The zero-order valence-electron chi connectivity index (χ0n) is 8.64. The number of nitrogens with zero attached hydrogens (tertiary/aromatic N) is 4. The van der Waals surface area contributed by atoms with Crippen LogP contribution in [0.1, 0.15) is 10.5 Å². The Hall–Kier alpha value is -2.22. The van der Waals surface area contributed by atoms with E-state index in [1.807, 2.05) is 0 Å². The van der Waals surface area contributed by atoms with Crippen LogP contribution in [0, 0.1) is 0 Å².